The summed E-state index contributed by atoms with van der Waals surface area (Å²) in [7, 11) is 0. The van der Waals surface area contributed by atoms with Crippen molar-refractivity contribution in [1.29, 1.82) is 0 Å². The summed E-state index contributed by atoms with van der Waals surface area (Å²) in [4.78, 5) is 26.3. The fourth-order valence-corrected chi connectivity index (χ4v) is 4.21. The Kier molecular flexibility index (Phi) is 7.75. The number of hydrogen-bond acceptors (Lipinski definition) is 3. The van der Waals surface area contributed by atoms with E-state index in [-0.39, 0.29) is 17.2 Å². The van der Waals surface area contributed by atoms with Gasteiger partial charge in [0.2, 0.25) is 11.8 Å². The summed E-state index contributed by atoms with van der Waals surface area (Å²) in [5.41, 5.74) is 3.55. The van der Waals surface area contributed by atoms with Crippen LogP contribution in [-0.2, 0) is 9.59 Å². The van der Waals surface area contributed by atoms with Crippen molar-refractivity contribution in [3.8, 4) is 0 Å². The number of carbonyl (C=O) groups is 2. The molecule has 0 radical (unpaired) electrons. The normalized spacial score (nSPS) is 12.1. The molecule has 2 N–H and O–H groups in total. The number of carbonyl (C=O) groups excluding carboxylic acids is 2. The molecule has 3 rings (SSSR count). The van der Waals surface area contributed by atoms with E-state index in [0.29, 0.717) is 6.42 Å². The zero-order valence-electron chi connectivity index (χ0n) is 19.0. The molecule has 3 aromatic rings. The van der Waals surface area contributed by atoms with Crippen LogP contribution in [0.2, 0.25) is 0 Å². The van der Waals surface area contributed by atoms with Gasteiger partial charge in [-0.15, -0.1) is 11.8 Å². The molecule has 3 aromatic carbocycles. The lowest BCUT2D eigenvalue weighted by atomic mass is 9.92. The van der Waals surface area contributed by atoms with E-state index in [2.05, 4.69) is 10.6 Å². The molecule has 5 heteroatoms. The Hall–Kier alpha value is -3.05. The lowest BCUT2D eigenvalue weighted by Crippen LogP contribution is -2.19. The summed E-state index contributed by atoms with van der Waals surface area (Å²) >= 11 is 1.49. The van der Waals surface area contributed by atoms with Crippen LogP contribution in [0.1, 0.15) is 43.6 Å². The van der Waals surface area contributed by atoms with Crippen LogP contribution in [0.25, 0.3) is 0 Å². The highest BCUT2D eigenvalue weighted by Crippen LogP contribution is 2.36. The molecule has 0 aliphatic carbocycles. The minimum absolute atomic E-state index is 0.00228. The average molecular weight is 447 g/mol. The van der Waals surface area contributed by atoms with Crippen LogP contribution in [0.15, 0.2) is 83.8 Å². The third kappa shape index (κ3) is 7.27. The summed E-state index contributed by atoms with van der Waals surface area (Å²) in [6, 6.07) is 25.2. The zero-order valence-corrected chi connectivity index (χ0v) is 19.8. The molecule has 0 aromatic heterocycles. The zero-order chi connectivity index (χ0) is 23.1. The molecular formula is C27H30N2O2S. The molecule has 0 aliphatic rings. The number of anilines is 2. The number of benzene rings is 3. The number of aryl methyl sites for hydroxylation is 1. The van der Waals surface area contributed by atoms with Gasteiger partial charge in [-0.3, -0.25) is 9.59 Å². The van der Waals surface area contributed by atoms with Crippen molar-refractivity contribution >= 4 is 35.0 Å². The fraction of sp³-hybridized carbons (Fsp3) is 0.259. The van der Waals surface area contributed by atoms with Crippen LogP contribution in [0.3, 0.4) is 0 Å². The maximum absolute atomic E-state index is 13.2. The Morgan fingerprint density at radius 1 is 0.812 bits per heavy atom. The standard InChI is InChI=1S/C27H30N2O2S/c1-19-10-12-22(13-11-19)29-26(31)25(20-8-6-5-7-9-20)32-23-16-14-21(15-17-23)28-24(30)18-27(2,3)4/h5-17,25H,18H2,1-4H3,(H,28,30)(H,29,31). The van der Waals surface area contributed by atoms with E-state index in [1.54, 1.807) is 0 Å². The molecule has 0 fully saturated rings. The molecule has 0 heterocycles. The van der Waals surface area contributed by atoms with Gasteiger partial charge in [-0.2, -0.15) is 0 Å². The average Bonchev–Trinajstić information content (AvgIpc) is 2.74. The third-order valence-corrected chi connectivity index (χ3v) is 6.01. The molecule has 0 saturated heterocycles. The topological polar surface area (TPSA) is 58.2 Å². The van der Waals surface area contributed by atoms with Gasteiger partial charge >= 0.3 is 0 Å². The first-order valence-corrected chi connectivity index (χ1v) is 11.6. The first-order chi connectivity index (χ1) is 15.2. The first kappa shape index (κ1) is 23.6. The van der Waals surface area contributed by atoms with Crippen LogP contribution in [0.4, 0.5) is 11.4 Å². The quantitative estimate of drug-likeness (QED) is 0.391. The van der Waals surface area contributed by atoms with E-state index in [9.17, 15) is 9.59 Å². The first-order valence-electron chi connectivity index (χ1n) is 10.7. The Bertz CT molecular complexity index is 1040. The molecule has 1 unspecified atom stereocenters. The monoisotopic (exact) mass is 446 g/mol. The summed E-state index contributed by atoms with van der Waals surface area (Å²) in [6.45, 7) is 8.14. The summed E-state index contributed by atoms with van der Waals surface area (Å²) in [6.07, 6.45) is 0.457. The van der Waals surface area contributed by atoms with E-state index in [1.807, 2.05) is 107 Å². The molecule has 2 amide bonds. The van der Waals surface area contributed by atoms with Gasteiger partial charge in [-0.1, -0.05) is 68.8 Å². The largest absolute Gasteiger partial charge is 0.326 e. The predicted molar refractivity (Wildman–Crippen MR) is 134 cm³/mol. The third-order valence-electron chi connectivity index (χ3n) is 4.74. The van der Waals surface area contributed by atoms with Gasteiger partial charge in [0.1, 0.15) is 5.25 Å². The van der Waals surface area contributed by atoms with Gasteiger partial charge in [0.05, 0.1) is 0 Å². The predicted octanol–water partition coefficient (Wildman–Crippen LogP) is 6.84. The lowest BCUT2D eigenvalue weighted by molar-refractivity contribution is -0.118. The number of rotatable bonds is 7. The van der Waals surface area contributed by atoms with Crippen LogP contribution in [-0.4, -0.2) is 11.8 Å². The molecule has 32 heavy (non-hydrogen) atoms. The smallest absolute Gasteiger partial charge is 0.242 e. The van der Waals surface area contributed by atoms with Crippen molar-refractivity contribution in [1.82, 2.24) is 0 Å². The van der Waals surface area contributed by atoms with Gasteiger partial charge in [-0.05, 0) is 54.3 Å². The second-order valence-corrected chi connectivity index (χ2v) is 10.3. The van der Waals surface area contributed by atoms with Crippen molar-refractivity contribution in [3.63, 3.8) is 0 Å². The van der Waals surface area contributed by atoms with Crippen LogP contribution < -0.4 is 10.6 Å². The minimum Gasteiger partial charge on any atom is -0.326 e. The van der Waals surface area contributed by atoms with E-state index in [4.69, 9.17) is 0 Å². The van der Waals surface area contributed by atoms with Crippen molar-refractivity contribution in [2.24, 2.45) is 5.41 Å². The molecule has 0 bridgehead atoms. The fourth-order valence-electron chi connectivity index (χ4n) is 3.19. The van der Waals surface area contributed by atoms with Crippen LogP contribution >= 0.6 is 11.8 Å². The van der Waals surface area contributed by atoms with Gasteiger partial charge in [0.25, 0.3) is 0 Å². The second-order valence-electron chi connectivity index (χ2n) is 9.07. The van der Waals surface area contributed by atoms with Crippen molar-refractivity contribution in [2.45, 2.75) is 44.3 Å². The lowest BCUT2D eigenvalue weighted by Gasteiger charge is -2.18. The number of hydrogen-bond donors (Lipinski definition) is 2. The molecule has 4 nitrogen and oxygen atoms in total. The van der Waals surface area contributed by atoms with Crippen LogP contribution in [0, 0.1) is 12.3 Å². The van der Waals surface area contributed by atoms with Crippen molar-refractivity contribution in [2.75, 3.05) is 10.6 Å². The van der Waals surface area contributed by atoms with E-state index >= 15 is 0 Å². The van der Waals surface area contributed by atoms with Crippen molar-refractivity contribution in [3.05, 3.63) is 90.0 Å². The molecule has 0 saturated carbocycles. The van der Waals surface area contributed by atoms with Gasteiger partial charge in [0.15, 0.2) is 0 Å². The number of thioether (sulfide) groups is 1. The van der Waals surface area contributed by atoms with Crippen LogP contribution in [0.5, 0.6) is 0 Å². The van der Waals surface area contributed by atoms with E-state index < -0.39 is 5.25 Å². The minimum atomic E-state index is -0.404. The molecular weight excluding hydrogens is 416 g/mol. The Morgan fingerprint density at radius 2 is 1.38 bits per heavy atom. The maximum atomic E-state index is 13.2. The second kappa shape index (κ2) is 10.5. The Morgan fingerprint density at radius 3 is 1.97 bits per heavy atom. The molecule has 166 valence electrons. The number of nitrogens with one attached hydrogen (secondary N) is 2. The summed E-state index contributed by atoms with van der Waals surface area (Å²) in [5.74, 6) is -0.0786. The molecule has 0 aliphatic heterocycles. The summed E-state index contributed by atoms with van der Waals surface area (Å²) < 4.78 is 0. The van der Waals surface area contributed by atoms with E-state index in [0.717, 1.165) is 27.4 Å². The van der Waals surface area contributed by atoms with Gasteiger partial charge < -0.3 is 10.6 Å². The Balaban J connectivity index is 1.73. The maximum Gasteiger partial charge on any atom is 0.242 e. The van der Waals surface area contributed by atoms with Gasteiger partial charge in [0, 0.05) is 22.7 Å². The van der Waals surface area contributed by atoms with E-state index in [1.165, 1.54) is 11.8 Å². The molecule has 0 spiro atoms. The van der Waals surface area contributed by atoms with Crippen molar-refractivity contribution < 1.29 is 9.59 Å². The Labute approximate surface area is 194 Å². The number of amides is 2. The van der Waals surface area contributed by atoms with Gasteiger partial charge in [-0.25, -0.2) is 0 Å². The SMILES string of the molecule is Cc1ccc(NC(=O)C(Sc2ccc(NC(=O)CC(C)(C)C)cc2)c2ccccc2)cc1. The molecule has 1 atom stereocenters. The highest BCUT2D eigenvalue weighted by Gasteiger charge is 2.22. The highest BCUT2D eigenvalue weighted by molar-refractivity contribution is 8.00. The highest BCUT2D eigenvalue weighted by atomic mass is 32.2. The summed E-state index contributed by atoms with van der Waals surface area (Å²) in [5, 5.41) is 5.57.